The van der Waals surface area contributed by atoms with Crippen LogP contribution in [0.5, 0.6) is 17.2 Å². The average Bonchev–Trinajstić information content (AvgIpc) is 3.30. The van der Waals surface area contributed by atoms with Gasteiger partial charge in [0.1, 0.15) is 0 Å². The van der Waals surface area contributed by atoms with Crippen LogP contribution < -0.4 is 24.8 Å². The maximum absolute atomic E-state index is 11.6. The Kier molecular flexibility index (Phi) is 5.27. The molecule has 0 heterocycles. The third-order valence-electron chi connectivity index (χ3n) is 3.33. The van der Waals surface area contributed by atoms with Gasteiger partial charge in [-0.3, -0.25) is 4.79 Å². The van der Waals surface area contributed by atoms with Gasteiger partial charge in [0.2, 0.25) is 11.7 Å². The van der Waals surface area contributed by atoms with Crippen molar-refractivity contribution >= 4 is 5.91 Å². The lowest BCUT2D eigenvalue weighted by molar-refractivity contribution is -0.120. The Morgan fingerprint density at radius 1 is 1.14 bits per heavy atom. The molecule has 1 aliphatic carbocycles. The minimum absolute atomic E-state index is 0.0249. The molecule has 0 saturated heterocycles. The summed E-state index contributed by atoms with van der Waals surface area (Å²) in [5, 5.41) is 6.04. The Morgan fingerprint density at radius 3 is 2.43 bits per heavy atom. The number of hydrogen-bond donors (Lipinski definition) is 2. The van der Waals surface area contributed by atoms with Crippen LogP contribution in [0.3, 0.4) is 0 Å². The van der Waals surface area contributed by atoms with E-state index in [0.717, 1.165) is 18.4 Å². The summed E-state index contributed by atoms with van der Waals surface area (Å²) in [6.45, 7) is 0.801. The van der Waals surface area contributed by atoms with Crippen molar-refractivity contribution in [2.24, 2.45) is 0 Å². The monoisotopic (exact) mass is 294 g/mol. The van der Waals surface area contributed by atoms with Crippen LogP contribution in [0, 0.1) is 0 Å². The lowest BCUT2D eigenvalue weighted by atomic mass is 10.1. The van der Waals surface area contributed by atoms with Crippen LogP contribution >= 0.6 is 0 Å². The van der Waals surface area contributed by atoms with E-state index < -0.39 is 0 Å². The van der Waals surface area contributed by atoms with Crippen molar-refractivity contribution < 1.29 is 19.0 Å². The van der Waals surface area contributed by atoms with Crippen molar-refractivity contribution in [2.75, 3.05) is 27.9 Å². The number of nitrogens with one attached hydrogen (secondary N) is 2. The van der Waals surface area contributed by atoms with Gasteiger partial charge in [-0.1, -0.05) is 6.07 Å². The minimum Gasteiger partial charge on any atom is -0.493 e. The molecule has 0 unspecified atom stereocenters. The molecule has 2 N–H and O–H groups in total. The van der Waals surface area contributed by atoms with Crippen LogP contribution in [0.1, 0.15) is 18.4 Å². The highest BCUT2D eigenvalue weighted by Gasteiger charge is 2.23. The number of benzene rings is 1. The van der Waals surface area contributed by atoms with Crippen molar-refractivity contribution in [3.8, 4) is 17.2 Å². The zero-order valence-electron chi connectivity index (χ0n) is 12.7. The quantitative estimate of drug-likeness (QED) is 0.751. The molecule has 0 aromatic heterocycles. The van der Waals surface area contributed by atoms with Crippen LogP contribution in [-0.2, 0) is 11.3 Å². The molecule has 1 fully saturated rings. The first kappa shape index (κ1) is 15.4. The highest BCUT2D eigenvalue weighted by Crippen LogP contribution is 2.39. The summed E-state index contributed by atoms with van der Waals surface area (Å²) in [7, 11) is 4.73. The lowest BCUT2D eigenvalue weighted by Gasteiger charge is -2.16. The van der Waals surface area contributed by atoms with E-state index in [-0.39, 0.29) is 12.5 Å². The molecule has 6 heteroatoms. The number of carbonyl (C=O) groups excluding carboxylic acids is 1. The minimum atomic E-state index is 0.0249. The van der Waals surface area contributed by atoms with Gasteiger partial charge < -0.3 is 24.8 Å². The van der Waals surface area contributed by atoms with Crippen LogP contribution in [0.15, 0.2) is 12.1 Å². The molecule has 0 radical (unpaired) electrons. The number of methoxy groups -OCH3 is 3. The molecule has 1 aromatic carbocycles. The van der Waals surface area contributed by atoms with Gasteiger partial charge in [0, 0.05) is 18.2 Å². The van der Waals surface area contributed by atoms with Gasteiger partial charge in [-0.15, -0.1) is 0 Å². The summed E-state index contributed by atoms with van der Waals surface area (Å²) in [5.74, 6) is 1.82. The molecule has 6 nitrogen and oxygen atoms in total. The Morgan fingerprint density at radius 2 is 1.86 bits per heavy atom. The molecule has 1 saturated carbocycles. The van der Waals surface area contributed by atoms with Crippen molar-refractivity contribution in [2.45, 2.75) is 25.4 Å². The van der Waals surface area contributed by atoms with Crippen LogP contribution in [0.4, 0.5) is 0 Å². The highest BCUT2D eigenvalue weighted by atomic mass is 16.5. The van der Waals surface area contributed by atoms with Gasteiger partial charge in [0.05, 0.1) is 27.9 Å². The van der Waals surface area contributed by atoms with E-state index in [0.29, 0.717) is 29.8 Å². The standard InChI is InChI=1S/C15H22N2O4/c1-19-12-7-4-10(14(20-2)15(12)21-3)8-16-9-13(18)17-11-5-6-11/h4,7,11,16H,5-6,8-9H2,1-3H3,(H,17,18). The SMILES string of the molecule is COc1ccc(CNCC(=O)NC2CC2)c(OC)c1OC. The predicted molar refractivity (Wildman–Crippen MR) is 79.0 cm³/mol. The number of rotatable bonds is 8. The lowest BCUT2D eigenvalue weighted by Crippen LogP contribution is -2.34. The van der Waals surface area contributed by atoms with Crippen LogP contribution in [0.25, 0.3) is 0 Å². The zero-order valence-corrected chi connectivity index (χ0v) is 12.7. The highest BCUT2D eigenvalue weighted by molar-refractivity contribution is 5.78. The van der Waals surface area contributed by atoms with Gasteiger partial charge in [-0.2, -0.15) is 0 Å². The fourth-order valence-corrected chi connectivity index (χ4v) is 2.12. The summed E-state index contributed by atoms with van der Waals surface area (Å²) in [4.78, 5) is 11.6. The van der Waals surface area contributed by atoms with Gasteiger partial charge in [-0.25, -0.2) is 0 Å². The molecular formula is C15H22N2O4. The molecule has 0 spiro atoms. The third-order valence-corrected chi connectivity index (χ3v) is 3.33. The summed E-state index contributed by atoms with van der Waals surface area (Å²) < 4.78 is 16.0. The van der Waals surface area contributed by atoms with E-state index in [9.17, 15) is 4.79 Å². The van der Waals surface area contributed by atoms with Gasteiger partial charge in [0.25, 0.3) is 0 Å². The van der Waals surface area contributed by atoms with E-state index in [1.165, 1.54) is 0 Å². The number of hydrogen-bond acceptors (Lipinski definition) is 5. The molecular weight excluding hydrogens is 272 g/mol. The molecule has 116 valence electrons. The smallest absolute Gasteiger partial charge is 0.234 e. The van der Waals surface area contributed by atoms with E-state index in [2.05, 4.69) is 10.6 Å². The Balaban J connectivity index is 1.96. The van der Waals surface area contributed by atoms with Crippen molar-refractivity contribution in [3.63, 3.8) is 0 Å². The maximum atomic E-state index is 11.6. The first-order chi connectivity index (χ1) is 10.2. The second-order valence-electron chi connectivity index (χ2n) is 4.94. The molecule has 1 aromatic rings. The summed E-state index contributed by atoms with van der Waals surface area (Å²) in [6.07, 6.45) is 2.19. The average molecular weight is 294 g/mol. The topological polar surface area (TPSA) is 68.8 Å². The van der Waals surface area contributed by atoms with E-state index >= 15 is 0 Å². The summed E-state index contributed by atoms with van der Waals surface area (Å²) >= 11 is 0. The van der Waals surface area contributed by atoms with Crippen molar-refractivity contribution in [3.05, 3.63) is 17.7 Å². The maximum Gasteiger partial charge on any atom is 0.234 e. The van der Waals surface area contributed by atoms with Crippen molar-refractivity contribution in [1.29, 1.82) is 0 Å². The Bertz CT molecular complexity index is 501. The molecule has 0 bridgehead atoms. The van der Waals surface area contributed by atoms with Gasteiger partial charge in [-0.05, 0) is 18.9 Å². The molecule has 0 aliphatic heterocycles. The fourth-order valence-electron chi connectivity index (χ4n) is 2.12. The second kappa shape index (κ2) is 7.17. The number of carbonyl (C=O) groups is 1. The number of ether oxygens (including phenoxy) is 3. The first-order valence-electron chi connectivity index (χ1n) is 6.97. The third kappa shape index (κ3) is 4.01. The molecule has 2 rings (SSSR count). The second-order valence-corrected chi connectivity index (χ2v) is 4.94. The molecule has 1 aliphatic rings. The van der Waals surface area contributed by atoms with Gasteiger partial charge >= 0.3 is 0 Å². The first-order valence-corrected chi connectivity index (χ1v) is 6.97. The molecule has 1 amide bonds. The van der Waals surface area contributed by atoms with Crippen LogP contribution in [-0.4, -0.2) is 39.8 Å². The van der Waals surface area contributed by atoms with E-state index in [1.54, 1.807) is 21.3 Å². The summed E-state index contributed by atoms with van der Waals surface area (Å²) in [5.41, 5.74) is 0.911. The predicted octanol–water partition coefficient (Wildman–Crippen LogP) is 1.08. The number of amides is 1. The summed E-state index contributed by atoms with van der Waals surface area (Å²) in [6, 6.07) is 4.10. The molecule has 0 atom stereocenters. The van der Waals surface area contributed by atoms with Crippen LogP contribution in [0.2, 0.25) is 0 Å². The normalized spacial score (nSPS) is 13.7. The van der Waals surface area contributed by atoms with E-state index in [4.69, 9.17) is 14.2 Å². The largest absolute Gasteiger partial charge is 0.493 e. The van der Waals surface area contributed by atoms with Gasteiger partial charge in [0.15, 0.2) is 11.5 Å². The zero-order chi connectivity index (χ0) is 15.2. The molecule has 21 heavy (non-hydrogen) atoms. The van der Waals surface area contributed by atoms with E-state index in [1.807, 2.05) is 12.1 Å². The Hall–Kier alpha value is -1.95. The van der Waals surface area contributed by atoms with Crippen molar-refractivity contribution in [1.82, 2.24) is 10.6 Å². The fraction of sp³-hybridized carbons (Fsp3) is 0.533. The Labute approximate surface area is 124 Å².